The van der Waals surface area contributed by atoms with Gasteiger partial charge in [0.1, 0.15) is 0 Å². The fraction of sp³-hybridized carbons (Fsp3) is 0.545. The third kappa shape index (κ3) is 2.21. The summed E-state index contributed by atoms with van der Waals surface area (Å²) in [6.45, 7) is 0. The number of carbonyl (C=O) groups excluding carboxylic acids is 1. The third-order valence-electron chi connectivity index (χ3n) is 3.40. The number of carbonyl (C=O) groups is 1. The van der Waals surface area contributed by atoms with E-state index in [0.29, 0.717) is 0 Å². The zero-order chi connectivity index (χ0) is 13.3. The third-order valence-corrected chi connectivity index (χ3v) is 3.40. The fourth-order valence-electron chi connectivity index (χ4n) is 2.32. The maximum absolute atomic E-state index is 12.0. The van der Waals surface area contributed by atoms with E-state index in [-0.39, 0.29) is 29.5 Å². The first kappa shape index (κ1) is 12.6. The van der Waals surface area contributed by atoms with Crippen molar-refractivity contribution in [2.24, 2.45) is 12.8 Å². The van der Waals surface area contributed by atoms with E-state index in [4.69, 9.17) is 5.73 Å². The van der Waals surface area contributed by atoms with E-state index in [0.717, 1.165) is 19.3 Å². The van der Waals surface area contributed by atoms with Crippen LogP contribution in [0, 0.1) is 10.1 Å². The molecular formula is C11H16N4O3. The Bertz CT molecular complexity index is 483. The highest BCUT2D eigenvalue weighted by Gasteiger charge is 2.28. The number of nitrogens with zero attached hydrogens (tertiary/aromatic N) is 2. The van der Waals surface area contributed by atoms with Crippen molar-refractivity contribution in [3.05, 3.63) is 27.9 Å². The summed E-state index contributed by atoms with van der Waals surface area (Å²) in [6.07, 6.45) is 2.76. The Morgan fingerprint density at radius 1 is 1.56 bits per heavy atom. The Morgan fingerprint density at radius 2 is 2.28 bits per heavy atom. The van der Waals surface area contributed by atoms with Crippen molar-refractivity contribution in [3.8, 4) is 0 Å². The normalized spacial score (nSPS) is 23.0. The highest BCUT2D eigenvalue weighted by Crippen LogP contribution is 2.19. The zero-order valence-corrected chi connectivity index (χ0v) is 10.1. The second-order valence-corrected chi connectivity index (χ2v) is 4.57. The predicted octanol–water partition coefficient (Wildman–Crippen LogP) is 0.543. The van der Waals surface area contributed by atoms with Gasteiger partial charge in [0.25, 0.3) is 5.91 Å². The van der Waals surface area contributed by atoms with Crippen LogP contribution in [-0.4, -0.2) is 27.5 Å². The van der Waals surface area contributed by atoms with Gasteiger partial charge in [-0.25, -0.2) is 4.57 Å². The van der Waals surface area contributed by atoms with Gasteiger partial charge in [-0.2, -0.15) is 0 Å². The number of aromatic nitrogens is 1. The number of hydrogen-bond donors (Lipinski definition) is 2. The molecule has 7 nitrogen and oxygen atoms in total. The first-order chi connectivity index (χ1) is 8.50. The summed E-state index contributed by atoms with van der Waals surface area (Å²) < 4.78 is 1.27. The largest absolute Gasteiger partial charge is 0.358 e. The van der Waals surface area contributed by atoms with Crippen LogP contribution < -0.4 is 11.1 Å². The van der Waals surface area contributed by atoms with Crippen LogP contribution in [0.25, 0.3) is 0 Å². The molecule has 2 unspecified atom stereocenters. The molecular weight excluding hydrogens is 236 g/mol. The molecule has 1 aromatic rings. The van der Waals surface area contributed by atoms with Gasteiger partial charge in [0.15, 0.2) is 5.69 Å². The van der Waals surface area contributed by atoms with Crippen LogP contribution in [0.4, 0.5) is 5.82 Å². The van der Waals surface area contributed by atoms with E-state index in [1.807, 2.05) is 0 Å². The molecule has 98 valence electrons. The average Bonchev–Trinajstić information content (AvgIpc) is 2.86. The van der Waals surface area contributed by atoms with Crippen molar-refractivity contribution < 1.29 is 9.72 Å². The fourth-order valence-corrected chi connectivity index (χ4v) is 2.32. The van der Waals surface area contributed by atoms with Gasteiger partial charge in [-0.3, -0.25) is 4.79 Å². The Balaban J connectivity index is 2.12. The Labute approximate surface area is 104 Å². The molecule has 2 rings (SSSR count). The average molecular weight is 252 g/mol. The van der Waals surface area contributed by atoms with Gasteiger partial charge >= 0.3 is 5.82 Å². The number of nitro groups is 1. The monoisotopic (exact) mass is 252 g/mol. The summed E-state index contributed by atoms with van der Waals surface area (Å²) in [7, 11) is 1.50. The van der Waals surface area contributed by atoms with E-state index in [9.17, 15) is 14.9 Å². The maximum Gasteiger partial charge on any atom is 0.323 e. The van der Waals surface area contributed by atoms with Gasteiger partial charge in [0, 0.05) is 18.2 Å². The lowest BCUT2D eigenvalue weighted by atomic mass is 10.2. The zero-order valence-electron chi connectivity index (χ0n) is 10.1. The molecule has 1 heterocycles. The van der Waals surface area contributed by atoms with Crippen LogP contribution in [0.1, 0.15) is 29.8 Å². The lowest BCUT2D eigenvalue weighted by molar-refractivity contribution is -0.391. The Kier molecular flexibility index (Phi) is 3.33. The van der Waals surface area contributed by atoms with Gasteiger partial charge in [0.05, 0.1) is 7.05 Å². The summed E-state index contributed by atoms with van der Waals surface area (Å²) in [6, 6.07) is 2.72. The van der Waals surface area contributed by atoms with Crippen LogP contribution in [-0.2, 0) is 7.05 Å². The summed E-state index contributed by atoms with van der Waals surface area (Å²) in [5.41, 5.74) is 6.15. The van der Waals surface area contributed by atoms with Crippen LogP contribution >= 0.6 is 0 Å². The molecule has 1 aliphatic rings. The second-order valence-electron chi connectivity index (χ2n) is 4.57. The van der Waals surface area contributed by atoms with Gasteiger partial charge in [-0.15, -0.1) is 0 Å². The number of nitrogens with two attached hydrogens (primary N) is 1. The smallest absolute Gasteiger partial charge is 0.323 e. The van der Waals surface area contributed by atoms with Crippen molar-refractivity contribution in [2.45, 2.75) is 31.3 Å². The molecule has 0 aromatic carbocycles. The van der Waals surface area contributed by atoms with E-state index < -0.39 is 4.92 Å². The second kappa shape index (κ2) is 4.77. The van der Waals surface area contributed by atoms with Gasteiger partial charge in [0.2, 0.25) is 0 Å². The maximum atomic E-state index is 12.0. The molecule has 1 aromatic heterocycles. The molecule has 0 aliphatic heterocycles. The number of nitrogens with one attached hydrogen (secondary N) is 1. The Morgan fingerprint density at radius 3 is 2.78 bits per heavy atom. The molecule has 0 bridgehead atoms. The van der Waals surface area contributed by atoms with Crippen LogP contribution in [0.5, 0.6) is 0 Å². The molecule has 1 fully saturated rings. The van der Waals surface area contributed by atoms with Crippen molar-refractivity contribution in [1.29, 1.82) is 0 Å². The highest BCUT2D eigenvalue weighted by atomic mass is 16.6. The minimum absolute atomic E-state index is 0.0239. The van der Waals surface area contributed by atoms with Gasteiger partial charge < -0.3 is 21.2 Å². The molecule has 0 saturated heterocycles. The minimum Gasteiger partial charge on any atom is -0.358 e. The van der Waals surface area contributed by atoms with Gasteiger partial charge in [-0.05, 0) is 30.3 Å². The predicted molar refractivity (Wildman–Crippen MR) is 65.1 cm³/mol. The summed E-state index contributed by atoms with van der Waals surface area (Å²) in [4.78, 5) is 22.2. The standard InChI is InChI=1S/C11H16N4O3/c1-14-9(5-6-10(14)15(17)18)11(16)13-8-4-2-3-7(8)12/h5-8H,2-4,12H2,1H3,(H,13,16). The van der Waals surface area contributed by atoms with Crippen molar-refractivity contribution in [2.75, 3.05) is 0 Å². The van der Waals surface area contributed by atoms with Gasteiger partial charge in [-0.1, -0.05) is 0 Å². The lowest BCUT2D eigenvalue weighted by Gasteiger charge is -2.16. The van der Waals surface area contributed by atoms with E-state index in [1.165, 1.54) is 23.7 Å². The summed E-state index contributed by atoms with van der Waals surface area (Å²) in [5, 5.41) is 13.5. The first-order valence-corrected chi connectivity index (χ1v) is 5.87. The summed E-state index contributed by atoms with van der Waals surface area (Å²) in [5.74, 6) is -0.413. The number of amides is 1. The van der Waals surface area contributed by atoms with Crippen molar-refractivity contribution >= 4 is 11.7 Å². The number of rotatable bonds is 3. The summed E-state index contributed by atoms with van der Waals surface area (Å²) >= 11 is 0. The molecule has 0 radical (unpaired) electrons. The van der Waals surface area contributed by atoms with E-state index in [1.54, 1.807) is 0 Å². The SMILES string of the molecule is Cn1c(C(=O)NC2CCCC2N)ccc1[N+](=O)[O-]. The first-order valence-electron chi connectivity index (χ1n) is 5.87. The molecule has 1 amide bonds. The lowest BCUT2D eigenvalue weighted by Crippen LogP contribution is -2.44. The Hall–Kier alpha value is -1.89. The number of hydrogen-bond acceptors (Lipinski definition) is 4. The molecule has 18 heavy (non-hydrogen) atoms. The van der Waals surface area contributed by atoms with Crippen LogP contribution in [0.3, 0.4) is 0 Å². The van der Waals surface area contributed by atoms with Crippen molar-refractivity contribution in [3.63, 3.8) is 0 Å². The molecule has 7 heteroatoms. The van der Waals surface area contributed by atoms with E-state index >= 15 is 0 Å². The molecule has 2 atom stereocenters. The molecule has 1 saturated carbocycles. The minimum atomic E-state index is -0.516. The quantitative estimate of drug-likeness (QED) is 0.605. The highest BCUT2D eigenvalue weighted by molar-refractivity contribution is 5.93. The molecule has 0 spiro atoms. The van der Waals surface area contributed by atoms with Crippen LogP contribution in [0.2, 0.25) is 0 Å². The topological polar surface area (TPSA) is 103 Å². The van der Waals surface area contributed by atoms with Crippen molar-refractivity contribution in [1.82, 2.24) is 9.88 Å². The van der Waals surface area contributed by atoms with Crippen LogP contribution in [0.15, 0.2) is 12.1 Å². The molecule has 3 N–H and O–H groups in total. The van der Waals surface area contributed by atoms with E-state index in [2.05, 4.69) is 5.32 Å². The molecule has 1 aliphatic carbocycles.